The molecule has 2 heterocycles. The zero-order valence-corrected chi connectivity index (χ0v) is 31.1. The molecule has 0 saturated carbocycles. The largest absolute Gasteiger partial charge is 0.461 e. The lowest BCUT2D eigenvalue weighted by Gasteiger charge is -2.53. The van der Waals surface area contributed by atoms with Crippen LogP contribution < -0.4 is 0 Å². The topological polar surface area (TPSA) is 79.4 Å². The number of nitrogens with zero attached hydrogens (tertiary/aromatic N) is 3. The summed E-state index contributed by atoms with van der Waals surface area (Å²) in [4.78, 5) is 46.0. The van der Waals surface area contributed by atoms with E-state index in [1.165, 1.54) is 49.8 Å². The second kappa shape index (κ2) is 16.9. The Balaban J connectivity index is 1.98. The maximum Gasteiger partial charge on any atom is 0.325 e. The third-order valence-electron chi connectivity index (χ3n) is 10.9. The first-order valence-corrected chi connectivity index (χ1v) is 18.0. The van der Waals surface area contributed by atoms with Crippen molar-refractivity contribution in [3.63, 3.8) is 0 Å². The van der Waals surface area contributed by atoms with Crippen LogP contribution in [0.4, 0.5) is 0 Å². The molecule has 8 nitrogen and oxygen atoms in total. The van der Waals surface area contributed by atoms with Gasteiger partial charge in [0, 0.05) is 54.3 Å². The van der Waals surface area contributed by atoms with E-state index in [-0.39, 0.29) is 53.4 Å². The van der Waals surface area contributed by atoms with Crippen molar-refractivity contribution < 1.29 is 23.9 Å². The highest BCUT2D eigenvalue weighted by Gasteiger charge is 2.46. The first-order chi connectivity index (χ1) is 20.8. The third-order valence-corrected chi connectivity index (χ3v) is 10.9. The quantitative estimate of drug-likeness (QED) is 0.121. The van der Waals surface area contributed by atoms with Gasteiger partial charge in [-0.25, -0.2) is 0 Å². The molecule has 2 aliphatic heterocycles. The second-order valence-electron chi connectivity index (χ2n) is 16.6. The van der Waals surface area contributed by atoms with E-state index >= 15 is 0 Å². The summed E-state index contributed by atoms with van der Waals surface area (Å²) in [7, 11) is 4.23. The average molecular weight is 636 g/mol. The highest BCUT2D eigenvalue weighted by atomic mass is 16.6. The van der Waals surface area contributed by atoms with Crippen LogP contribution in [0.15, 0.2) is 0 Å². The molecule has 0 aromatic carbocycles. The van der Waals surface area contributed by atoms with Crippen molar-refractivity contribution in [2.24, 2.45) is 0 Å². The maximum atomic E-state index is 13.4. The first-order valence-electron chi connectivity index (χ1n) is 18.0. The van der Waals surface area contributed by atoms with Crippen molar-refractivity contribution in [3.05, 3.63) is 0 Å². The maximum absolute atomic E-state index is 13.4. The first kappa shape index (κ1) is 39.5. The van der Waals surface area contributed by atoms with Crippen LogP contribution in [0, 0.1) is 0 Å². The molecule has 2 rings (SSSR count). The van der Waals surface area contributed by atoms with Crippen LogP contribution in [0.5, 0.6) is 0 Å². The monoisotopic (exact) mass is 636 g/mol. The Bertz CT molecular complexity index is 866. The molecule has 0 aromatic rings. The predicted molar refractivity (Wildman–Crippen MR) is 183 cm³/mol. The molecule has 0 unspecified atom stereocenters. The molecular formula is C37H69N3O5. The van der Waals surface area contributed by atoms with E-state index in [9.17, 15) is 14.4 Å². The zero-order chi connectivity index (χ0) is 34.1. The third kappa shape index (κ3) is 12.5. The van der Waals surface area contributed by atoms with Crippen molar-refractivity contribution in [2.75, 3.05) is 27.2 Å². The van der Waals surface area contributed by atoms with Crippen LogP contribution >= 0.6 is 0 Å². The number of unbranched alkanes of at least 4 members (excludes halogenated alkanes) is 9. The molecular weight excluding hydrogens is 566 g/mol. The van der Waals surface area contributed by atoms with Gasteiger partial charge < -0.3 is 14.4 Å². The summed E-state index contributed by atoms with van der Waals surface area (Å²) >= 11 is 0. The molecule has 0 aliphatic carbocycles. The fourth-order valence-electron chi connectivity index (χ4n) is 7.64. The number of ether oxygens (including phenoxy) is 2. The molecule has 0 aromatic heterocycles. The van der Waals surface area contributed by atoms with Gasteiger partial charge in [-0.3, -0.25) is 24.2 Å². The Morgan fingerprint density at radius 3 is 1.22 bits per heavy atom. The van der Waals surface area contributed by atoms with Gasteiger partial charge in [-0.15, -0.1) is 0 Å². The fraction of sp³-hybridized carbons (Fsp3) is 0.919. The van der Waals surface area contributed by atoms with Gasteiger partial charge in [0.05, 0.1) is 0 Å². The lowest BCUT2D eigenvalue weighted by molar-refractivity contribution is -0.166. The molecule has 262 valence electrons. The summed E-state index contributed by atoms with van der Waals surface area (Å²) in [6, 6.07) is 0. The molecule has 2 fully saturated rings. The summed E-state index contributed by atoms with van der Waals surface area (Å²) in [5.41, 5.74) is -0.511. The van der Waals surface area contributed by atoms with Gasteiger partial charge in [0.1, 0.15) is 25.3 Å². The number of hydrogen-bond acceptors (Lipinski definition) is 7. The molecule has 2 aliphatic rings. The van der Waals surface area contributed by atoms with E-state index in [1.54, 1.807) is 0 Å². The minimum atomic E-state index is -0.457. The standard InChI is InChI=1S/C37H69N3O5/c1-12-13-14-15-16-17-18-19-20-21-22-31(41)40(27-32(42)44-29-23-34(2,3)38(10)35(4,5)24-29)28-33(43)45-30-25-36(6,7)39(11)37(8,9)26-30/h29-30H,12-28H2,1-11H3. The molecule has 2 saturated heterocycles. The fourth-order valence-corrected chi connectivity index (χ4v) is 7.64. The molecule has 0 bridgehead atoms. The SMILES string of the molecule is CCCCCCCCCCCCC(=O)N(CC(=O)OC1CC(C)(C)N(C)C(C)(C)C1)CC(=O)OC1CC(C)(C)N(C)C(C)(C)C1. The Kier molecular flexibility index (Phi) is 14.9. The van der Waals surface area contributed by atoms with Crippen LogP contribution in [0.3, 0.4) is 0 Å². The molecule has 8 heteroatoms. The minimum absolute atomic E-state index is 0.128. The van der Waals surface area contributed by atoms with Crippen molar-refractivity contribution in [1.82, 2.24) is 14.7 Å². The molecule has 0 atom stereocenters. The Morgan fingerprint density at radius 1 is 0.578 bits per heavy atom. The number of carbonyl (C=O) groups excluding carboxylic acids is 3. The second-order valence-corrected chi connectivity index (χ2v) is 16.6. The smallest absolute Gasteiger partial charge is 0.325 e. The summed E-state index contributed by atoms with van der Waals surface area (Å²) < 4.78 is 12.0. The highest BCUT2D eigenvalue weighted by molar-refractivity contribution is 5.86. The Morgan fingerprint density at radius 2 is 0.889 bits per heavy atom. The lowest BCUT2D eigenvalue weighted by Crippen LogP contribution is -2.60. The van der Waals surface area contributed by atoms with Gasteiger partial charge in [-0.1, -0.05) is 64.7 Å². The lowest BCUT2D eigenvalue weighted by atomic mass is 9.79. The van der Waals surface area contributed by atoms with Crippen LogP contribution in [-0.4, -0.2) is 94.1 Å². The van der Waals surface area contributed by atoms with Gasteiger partial charge >= 0.3 is 11.9 Å². The van der Waals surface area contributed by atoms with E-state index in [4.69, 9.17) is 9.47 Å². The van der Waals surface area contributed by atoms with Gasteiger partial charge in [0.15, 0.2) is 0 Å². The number of likely N-dealkylation sites (tertiary alicyclic amines) is 2. The number of rotatable bonds is 17. The summed E-state index contributed by atoms with van der Waals surface area (Å²) in [5, 5.41) is 0. The molecule has 0 spiro atoms. The Hall–Kier alpha value is -1.67. The van der Waals surface area contributed by atoms with E-state index in [2.05, 4.69) is 86.2 Å². The van der Waals surface area contributed by atoms with E-state index in [0.29, 0.717) is 6.42 Å². The number of piperidine rings is 2. The van der Waals surface area contributed by atoms with Crippen LogP contribution in [0.2, 0.25) is 0 Å². The molecule has 45 heavy (non-hydrogen) atoms. The average Bonchev–Trinajstić information content (AvgIpc) is 2.90. The zero-order valence-electron chi connectivity index (χ0n) is 31.1. The van der Waals surface area contributed by atoms with E-state index in [1.807, 2.05) is 0 Å². The van der Waals surface area contributed by atoms with Crippen LogP contribution in [0.1, 0.15) is 159 Å². The van der Waals surface area contributed by atoms with Gasteiger partial charge in [-0.05, 0) is 75.9 Å². The van der Waals surface area contributed by atoms with Crippen molar-refractivity contribution in [1.29, 1.82) is 0 Å². The summed E-state index contributed by atoms with van der Waals surface area (Å²) in [6.07, 6.45) is 14.5. The predicted octanol–water partition coefficient (Wildman–Crippen LogP) is 7.52. The van der Waals surface area contributed by atoms with Crippen molar-refractivity contribution in [2.45, 2.75) is 193 Å². The van der Waals surface area contributed by atoms with E-state index in [0.717, 1.165) is 44.9 Å². The van der Waals surface area contributed by atoms with Crippen molar-refractivity contribution in [3.8, 4) is 0 Å². The van der Waals surface area contributed by atoms with Gasteiger partial charge in [0.25, 0.3) is 0 Å². The number of carbonyl (C=O) groups is 3. The highest BCUT2D eigenvalue weighted by Crippen LogP contribution is 2.39. The summed E-state index contributed by atoms with van der Waals surface area (Å²) in [5.74, 6) is -1.10. The number of esters is 2. The molecule has 0 radical (unpaired) electrons. The summed E-state index contributed by atoms with van der Waals surface area (Å²) in [6.45, 7) is 19.1. The molecule has 0 N–H and O–H groups in total. The Labute approximate surface area is 276 Å². The van der Waals surface area contributed by atoms with Gasteiger partial charge in [0.2, 0.25) is 5.91 Å². The van der Waals surface area contributed by atoms with Crippen molar-refractivity contribution >= 4 is 17.8 Å². The van der Waals surface area contributed by atoms with Gasteiger partial charge in [-0.2, -0.15) is 0 Å². The molecule has 1 amide bonds. The number of hydrogen-bond donors (Lipinski definition) is 0. The number of amides is 1. The van der Waals surface area contributed by atoms with Crippen LogP contribution in [-0.2, 0) is 23.9 Å². The minimum Gasteiger partial charge on any atom is -0.461 e. The van der Waals surface area contributed by atoms with E-state index < -0.39 is 11.9 Å². The van der Waals surface area contributed by atoms with Crippen LogP contribution in [0.25, 0.3) is 0 Å². The normalized spacial score (nSPS) is 21.8.